The zero-order valence-electron chi connectivity index (χ0n) is 43.4. The topological polar surface area (TPSA) is 170 Å². The second kappa shape index (κ2) is 20.1. The lowest BCUT2D eigenvalue weighted by atomic mass is 9.72. The number of aryl methyl sites for hydroxylation is 3. The van der Waals surface area contributed by atoms with Crippen LogP contribution >= 0.6 is 0 Å². The maximum Gasteiger partial charge on any atom is 0.411 e. The first-order valence-electron chi connectivity index (χ1n) is 25.0. The number of hydrogen-bond donors (Lipinski definition) is 0. The molecule has 4 amide bonds. The zero-order valence-corrected chi connectivity index (χ0v) is 43.4. The van der Waals surface area contributed by atoms with Gasteiger partial charge >= 0.3 is 12.4 Å². The quantitative estimate of drug-likeness (QED) is 0.0725. The summed E-state index contributed by atoms with van der Waals surface area (Å²) in [4.78, 5) is 87.1. The minimum atomic E-state index is -5.79. The first-order chi connectivity index (χ1) is 39.0. The van der Waals surface area contributed by atoms with Crippen LogP contribution in [0.3, 0.4) is 0 Å². The molecule has 0 bridgehead atoms. The molecule has 12 rings (SSSR count). The smallest absolute Gasteiger partial charge is 0.411 e. The highest BCUT2D eigenvalue weighted by molar-refractivity contribution is 6.35. The number of rotatable bonds is 10. The first-order valence-corrected chi connectivity index (χ1v) is 25.0. The Morgan fingerprint density at radius 3 is 1.44 bits per heavy atom. The van der Waals surface area contributed by atoms with Crippen molar-refractivity contribution < 1.29 is 68.7 Å². The van der Waals surface area contributed by atoms with Gasteiger partial charge < -0.3 is 13.6 Å². The monoisotopic (exact) mass is 1110 g/mol. The van der Waals surface area contributed by atoms with Gasteiger partial charge in [-0.05, 0) is 122 Å². The molecule has 0 spiro atoms. The number of alkyl halides is 6. The Labute approximate surface area is 461 Å². The van der Waals surface area contributed by atoms with Crippen molar-refractivity contribution in [1.29, 1.82) is 0 Å². The van der Waals surface area contributed by atoms with Crippen LogP contribution in [0.15, 0.2) is 179 Å². The predicted molar refractivity (Wildman–Crippen MR) is 287 cm³/mol. The lowest BCUT2D eigenvalue weighted by Crippen LogP contribution is -2.54. The van der Waals surface area contributed by atoms with Gasteiger partial charge in [0.05, 0.1) is 27.9 Å². The SMILES string of the molecule is Cc1ccc(C(=O)c2ccc(-c3nc4cc(C(c5ccc6oc(C)nc6c5)(C(F)(F)F)C(F)(F)F)ccc4o3)cc2)cc1.Cc1ccc(Oc2ccc(N3C(=O)c4ccc(C(=O)c5ccc6c(c5)C(=O)N(C)C6=O)cc4C3=O)cc2)cc1. The third-order valence-electron chi connectivity index (χ3n) is 14.2. The van der Waals surface area contributed by atoms with Crippen LogP contribution in [0.4, 0.5) is 32.0 Å². The molecule has 0 radical (unpaired) electrons. The summed E-state index contributed by atoms with van der Waals surface area (Å²) >= 11 is 0. The summed E-state index contributed by atoms with van der Waals surface area (Å²) in [6.45, 7) is 5.32. The Hall–Kier alpha value is -10.3. The van der Waals surface area contributed by atoms with Gasteiger partial charge in [0, 0.05) is 41.8 Å². The summed E-state index contributed by atoms with van der Waals surface area (Å²) in [7, 11) is 1.38. The number of imide groups is 2. The van der Waals surface area contributed by atoms with E-state index in [1.54, 1.807) is 36.4 Å². The van der Waals surface area contributed by atoms with Crippen molar-refractivity contribution in [2.24, 2.45) is 0 Å². The molecule has 0 saturated carbocycles. The maximum absolute atomic E-state index is 14.7. The average molecular weight is 1110 g/mol. The normalized spacial score (nSPS) is 13.4. The fourth-order valence-corrected chi connectivity index (χ4v) is 9.87. The number of amides is 4. The molecule has 0 atom stereocenters. The Balaban J connectivity index is 0.000000173. The molecule has 2 aliphatic rings. The molecular weight excluding hydrogens is 1070 g/mol. The maximum atomic E-state index is 14.7. The molecule has 8 aromatic carbocycles. The third-order valence-corrected chi connectivity index (χ3v) is 14.2. The number of fused-ring (bicyclic) bond motifs is 4. The second-order valence-electron chi connectivity index (χ2n) is 19.5. The van der Waals surface area contributed by atoms with Crippen LogP contribution in [-0.2, 0) is 5.41 Å². The van der Waals surface area contributed by atoms with E-state index in [1.165, 1.54) is 74.6 Å². The van der Waals surface area contributed by atoms with Gasteiger partial charge in [-0.1, -0.05) is 83.9 Å². The number of carbonyl (C=O) groups excluding carboxylic acids is 6. The summed E-state index contributed by atoms with van der Waals surface area (Å²) in [6.07, 6.45) is -11.6. The number of benzene rings is 8. The highest BCUT2D eigenvalue weighted by Crippen LogP contribution is 2.57. The fourth-order valence-electron chi connectivity index (χ4n) is 9.87. The Morgan fingerprint density at radius 2 is 0.890 bits per heavy atom. The number of carbonyl (C=O) groups is 6. The third kappa shape index (κ3) is 9.34. The molecule has 2 aromatic heterocycles. The first kappa shape index (κ1) is 53.7. The highest BCUT2D eigenvalue weighted by Gasteiger charge is 2.72. The summed E-state index contributed by atoms with van der Waals surface area (Å²) < 4.78 is 105. The average Bonchev–Trinajstić information content (AvgIpc) is 3.23. The molecule has 0 fully saturated rings. The lowest BCUT2D eigenvalue weighted by Gasteiger charge is -2.38. The molecule has 10 aromatic rings. The van der Waals surface area contributed by atoms with E-state index in [2.05, 4.69) is 9.97 Å². The van der Waals surface area contributed by atoms with Crippen molar-refractivity contribution in [2.45, 2.75) is 38.5 Å². The molecule has 0 aliphatic carbocycles. The van der Waals surface area contributed by atoms with Gasteiger partial charge in [-0.25, -0.2) is 14.9 Å². The molecule has 0 N–H and O–H groups in total. The van der Waals surface area contributed by atoms with Crippen LogP contribution in [0.1, 0.15) is 101 Å². The molecule has 82 heavy (non-hydrogen) atoms. The molecule has 4 heterocycles. The molecule has 2 aliphatic heterocycles. The van der Waals surface area contributed by atoms with Gasteiger partial charge in [0.2, 0.25) is 11.3 Å². The number of halogens is 6. The van der Waals surface area contributed by atoms with Crippen molar-refractivity contribution in [3.05, 3.63) is 243 Å². The lowest BCUT2D eigenvalue weighted by molar-refractivity contribution is -0.288. The molecule has 0 saturated heterocycles. The largest absolute Gasteiger partial charge is 0.457 e. The van der Waals surface area contributed by atoms with Crippen LogP contribution in [-0.4, -0.2) is 69.5 Å². The predicted octanol–water partition coefficient (Wildman–Crippen LogP) is 13.9. The number of ether oxygens (including phenoxy) is 1. The van der Waals surface area contributed by atoms with Crippen molar-refractivity contribution in [3.63, 3.8) is 0 Å². The minimum Gasteiger partial charge on any atom is -0.457 e. The number of anilines is 1. The van der Waals surface area contributed by atoms with Crippen molar-refractivity contribution in [3.8, 4) is 23.0 Å². The second-order valence-corrected chi connectivity index (χ2v) is 19.5. The summed E-state index contributed by atoms with van der Waals surface area (Å²) in [6, 6.07) is 41.0. The van der Waals surface area contributed by atoms with Gasteiger partial charge in [-0.3, -0.25) is 33.7 Å². The number of nitrogens with zero attached hydrogens (tertiary/aromatic N) is 4. The van der Waals surface area contributed by atoms with E-state index in [-0.39, 0.29) is 73.1 Å². The van der Waals surface area contributed by atoms with E-state index >= 15 is 0 Å². The van der Waals surface area contributed by atoms with Gasteiger partial charge in [-0.2, -0.15) is 26.3 Å². The number of aromatic nitrogens is 2. The van der Waals surface area contributed by atoms with Crippen LogP contribution in [0.2, 0.25) is 0 Å². The van der Waals surface area contributed by atoms with Gasteiger partial charge in [0.15, 0.2) is 28.6 Å². The molecule has 408 valence electrons. The van der Waals surface area contributed by atoms with Crippen LogP contribution in [0, 0.1) is 20.8 Å². The molecule has 19 heteroatoms. The number of oxazole rings is 2. The van der Waals surface area contributed by atoms with Crippen LogP contribution < -0.4 is 9.64 Å². The Morgan fingerprint density at radius 1 is 0.463 bits per heavy atom. The number of ketones is 2. The van der Waals surface area contributed by atoms with E-state index in [0.717, 1.165) is 57.3 Å². The summed E-state index contributed by atoms with van der Waals surface area (Å²) in [5.41, 5.74) is -2.05. The fraction of sp³-hybridized carbons (Fsp3) is 0.111. The minimum absolute atomic E-state index is 0.0145. The van der Waals surface area contributed by atoms with E-state index in [1.807, 2.05) is 50.2 Å². The standard InChI is InChI=1S/C32H20F6N2O3.C31H20N2O6/c1-17-3-5-19(6-4-17)28(41)20-7-9-21(10-8-20)29-40-25-16-23(12-14-27(25)43-29)30(31(33,34)35,32(36,37)38)22-11-13-26-24(15-22)39-18(2)42-26;1-17-3-9-21(10-4-17)39-22-11-7-20(8-12-22)33-30(37)24-14-6-19(16-26(24)31(33)38)27(34)18-5-13-23-25(15-18)29(36)32(2)28(23)35/h3-16H,1-2H3;3-16H,1-2H3. The summed E-state index contributed by atoms with van der Waals surface area (Å²) in [5, 5.41) is 0. The zero-order chi connectivity index (χ0) is 58.2. The van der Waals surface area contributed by atoms with E-state index in [4.69, 9.17) is 13.6 Å². The van der Waals surface area contributed by atoms with Crippen molar-refractivity contribution in [2.75, 3.05) is 11.9 Å². The molecule has 13 nitrogen and oxygen atoms in total. The molecule has 0 unspecified atom stereocenters. The van der Waals surface area contributed by atoms with Crippen molar-refractivity contribution in [1.82, 2.24) is 14.9 Å². The number of hydrogen-bond acceptors (Lipinski definition) is 11. The van der Waals surface area contributed by atoms with Gasteiger partial charge in [0.25, 0.3) is 23.6 Å². The van der Waals surface area contributed by atoms with E-state index in [9.17, 15) is 55.1 Å². The Bertz CT molecular complexity index is 4270. The van der Waals surface area contributed by atoms with Crippen molar-refractivity contribution >= 4 is 63.1 Å². The van der Waals surface area contributed by atoms with Gasteiger partial charge in [-0.15, -0.1) is 0 Å². The van der Waals surface area contributed by atoms with Gasteiger partial charge in [0.1, 0.15) is 22.5 Å². The Kier molecular flexibility index (Phi) is 13.2. The van der Waals surface area contributed by atoms with Crippen LogP contribution in [0.5, 0.6) is 11.5 Å². The van der Waals surface area contributed by atoms with E-state index in [0.29, 0.717) is 33.9 Å². The molecular formula is C63H40F6N4O9. The summed E-state index contributed by atoms with van der Waals surface area (Å²) in [5.74, 6) is -1.33. The highest BCUT2D eigenvalue weighted by atomic mass is 19.4. The van der Waals surface area contributed by atoms with Crippen LogP contribution in [0.25, 0.3) is 33.7 Å². The van der Waals surface area contributed by atoms with E-state index < -0.39 is 58.3 Å².